The van der Waals surface area contributed by atoms with E-state index in [1.54, 1.807) is 11.8 Å². The number of carbonyl (C=O) groups excluding carboxylic acids is 1. The zero-order valence-electron chi connectivity index (χ0n) is 12.7. The summed E-state index contributed by atoms with van der Waals surface area (Å²) in [6.07, 6.45) is 1.02. The first-order chi connectivity index (χ1) is 10.8. The lowest BCUT2D eigenvalue weighted by Gasteiger charge is -2.24. The van der Waals surface area contributed by atoms with Crippen LogP contribution in [0.5, 0.6) is 0 Å². The van der Waals surface area contributed by atoms with Crippen molar-refractivity contribution in [1.29, 1.82) is 0 Å². The van der Waals surface area contributed by atoms with Crippen molar-refractivity contribution < 1.29 is 4.79 Å². The summed E-state index contributed by atoms with van der Waals surface area (Å²) >= 11 is 1.64. The van der Waals surface area contributed by atoms with Gasteiger partial charge in [0, 0.05) is 29.4 Å². The average molecular weight is 312 g/mol. The van der Waals surface area contributed by atoms with Gasteiger partial charge in [-0.3, -0.25) is 4.79 Å². The van der Waals surface area contributed by atoms with Gasteiger partial charge in [-0.15, -0.1) is 0 Å². The van der Waals surface area contributed by atoms with E-state index in [-0.39, 0.29) is 5.91 Å². The molecule has 114 valence electrons. The first kappa shape index (κ1) is 15.1. The summed E-state index contributed by atoms with van der Waals surface area (Å²) in [5, 5.41) is 3.31. The van der Waals surface area contributed by atoms with E-state index in [0.717, 1.165) is 34.9 Å². The van der Waals surface area contributed by atoms with Crippen LogP contribution in [0.1, 0.15) is 16.8 Å². The Hall–Kier alpha value is -1.78. The summed E-state index contributed by atoms with van der Waals surface area (Å²) in [7, 11) is 1.91. The molecule has 3 nitrogen and oxygen atoms in total. The van der Waals surface area contributed by atoms with Crippen LogP contribution in [0.15, 0.2) is 64.4 Å². The lowest BCUT2D eigenvalue weighted by molar-refractivity contribution is 0.0740. The highest BCUT2D eigenvalue weighted by molar-refractivity contribution is 7.99. The molecule has 1 N–H and O–H groups in total. The molecule has 1 unspecified atom stereocenters. The Labute approximate surface area is 135 Å². The van der Waals surface area contributed by atoms with E-state index in [2.05, 4.69) is 17.4 Å². The number of likely N-dealkylation sites (N-methyl/N-ethyl adjacent to an activating group) is 1. The molecule has 22 heavy (non-hydrogen) atoms. The van der Waals surface area contributed by atoms with Gasteiger partial charge in [0.2, 0.25) is 0 Å². The van der Waals surface area contributed by atoms with Crippen molar-refractivity contribution in [3.63, 3.8) is 0 Å². The Kier molecular flexibility index (Phi) is 4.80. The van der Waals surface area contributed by atoms with Gasteiger partial charge in [-0.05, 0) is 37.2 Å². The molecule has 0 aliphatic carbocycles. The number of nitrogens with zero attached hydrogens (tertiary/aromatic N) is 1. The molecule has 1 aliphatic heterocycles. The zero-order valence-corrected chi connectivity index (χ0v) is 13.5. The second kappa shape index (κ2) is 6.99. The minimum atomic E-state index is 0.104. The molecular formula is C18H20N2OS. The maximum absolute atomic E-state index is 12.8. The maximum atomic E-state index is 12.8. The predicted octanol–water partition coefficient (Wildman–Crippen LogP) is 3.27. The van der Waals surface area contributed by atoms with Crippen LogP contribution in [0.25, 0.3) is 0 Å². The summed E-state index contributed by atoms with van der Waals surface area (Å²) in [5.41, 5.74) is 0.783. The summed E-state index contributed by atoms with van der Waals surface area (Å²) in [6, 6.07) is 18.3. The molecule has 1 atom stereocenters. The van der Waals surface area contributed by atoms with Crippen molar-refractivity contribution in [2.45, 2.75) is 22.3 Å². The van der Waals surface area contributed by atoms with Gasteiger partial charge in [0.15, 0.2) is 0 Å². The molecule has 0 aromatic heterocycles. The smallest absolute Gasteiger partial charge is 0.255 e. The number of benzene rings is 2. The molecule has 1 saturated heterocycles. The van der Waals surface area contributed by atoms with E-state index in [1.807, 2.05) is 54.4 Å². The lowest BCUT2D eigenvalue weighted by Crippen LogP contribution is -2.38. The normalized spacial score (nSPS) is 17.4. The monoisotopic (exact) mass is 312 g/mol. The van der Waals surface area contributed by atoms with Gasteiger partial charge >= 0.3 is 0 Å². The quantitative estimate of drug-likeness (QED) is 0.940. The number of hydrogen-bond donors (Lipinski definition) is 1. The van der Waals surface area contributed by atoms with Gasteiger partial charge in [-0.2, -0.15) is 0 Å². The molecule has 0 radical (unpaired) electrons. The number of nitrogens with one attached hydrogen (secondary N) is 1. The summed E-state index contributed by atoms with van der Waals surface area (Å²) in [4.78, 5) is 16.9. The van der Waals surface area contributed by atoms with E-state index >= 15 is 0 Å². The summed E-state index contributed by atoms with van der Waals surface area (Å²) in [6.45, 7) is 1.87. The molecule has 3 rings (SSSR count). The highest BCUT2D eigenvalue weighted by Gasteiger charge is 2.25. The van der Waals surface area contributed by atoms with Crippen LogP contribution in [-0.2, 0) is 0 Å². The predicted molar refractivity (Wildman–Crippen MR) is 90.4 cm³/mol. The fraction of sp³-hybridized carbons (Fsp3) is 0.278. The van der Waals surface area contributed by atoms with Crippen molar-refractivity contribution in [1.82, 2.24) is 10.2 Å². The second-order valence-electron chi connectivity index (χ2n) is 5.47. The van der Waals surface area contributed by atoms with Crippen molar-refractivity contribution in [3.05, 3.63) is 60.2 Å². The Bertz CT molecular complexity index is 639. The van der Waals surface area contributed by atoms with E-state index in [9.17, 15) is 4.79 Å². The molecular weight excluding hydrogens is 292 g/mol. The van der Waals surface area contributed by atoms with Crippen LogP contribution in [0.4, 0.5) is 0 Å². The van der Waals surface area contributed by atoms with Crippen molar-refractivity contribution in [2.75, 3.05) is 20.1 Å². The summed E-state index contributed by atoms with van der Waals surface area (Å²) < 4.78 is 0. The van der Waals surface area contributed by atoms with Gasteiger partial charge in [0.25, 0.3) is 5.91 Å². The number of hydrogen-bond acceptors (Lipinski definition) is 3. The third-order valence-electron chi connectivity index (χ3n) is 3.99. The third kappa shape index (κ3) is 3.34. The number of amides is 1. The molecule has 0 spiro atoms. The number of carbonyl (C=O) groups is 1. The molecule has 1 amide bonds. The van der Waals surface area contributed by atoms with E-state index in [1.165, 1.54) is 0 Å². The van der Waals surface area contributed by atoms with Gasteiger partial charge in [-0.25, -0.2) is 0 Å². The SMILES string of the molecule is CN(C(=O)c1ccccc1Sc1ccccc1)C1CCNC1. The van der Waals surface area contributed by atoms with Gasteiger partial charge in [0.05, 0.1) is 5.56 Å². The van der Waals surface area contributed by atoms with E-state index < -0.39 is 0 Å². The zero-order chi connectivity index (χ0) is 15.4. The van der Waals surface area contributed by atoms with Gasteiger partial charge < -0.3 is 10.2 Å². The average Bonchev–Trinajstić information content (AvgIpc) is 3.09. The first-order valence-corrected chi connectivity index (χ1v) is 8.37. The van der Waals surface area contributed by atoms with E-state index in [4.69, 9.17) is 0 Å². The van der Waals surface area contributed by atoms with Crippen LogP contribution in [0.3, 0.4) is 0 Å². The van der Waals surface area contributed by atoms with Crippen LogP contribution in [0.2, 0.25) is 0 Å². The fourth-order valence-corrected chi connectivity index (χ4v) is 3.63. The van der Waals surface area contributed by atoms with Crippen LogP contribution in [0, 0.1) is 0 Å². The Balaban J connectivity index is 1.82. The van der Waals surface area contributed by atoms with Crippen LogP contribution in [-0.4, -0.2) is 37.0 Å². The Morgan fingerprint density at radius 2 is 1.86 bits per heavy atom. The minimum absolute atomic E-state index is 0.104. The molecule has 0 saturated carbocycles. The molecule has 1 aliphatic rings. The van der Waals surface area contributed by atoms with Crippen LogP contribution >= 0.6 is 11.8 Å². The first-order valence-electron chi connectivity index (χ1n) is 7.55. The molecule has 0 bridgehead atoms. The standard InChI is InChI=1S/C18H20N2OS/c1-20(14-11-12-19-13-14)18(21)16-9-5-6-10-17(16)22-15-7-3-2-4-8-15/h2-10,14,19H,11-13H2,1H3. The maximum Gasteiger partial charge on any atom is 0.255 e. The highest BCUT2D eigenvalue weighted by Crippen LogP contribution is 2.31. The van der Waals surface area contributed by atoms with Crippen molar-refractivity contribution in [3.8, 4) is 0 Å². The lowest BCUT2D eigenvalue weighted by atomic mass is 10.1. The molecule has 1 fully saturated rings. The van der Waals surface area contributed by atoms with Crippen LogP contribution < -0.4 is 5.32 Å². The number of rotatable bonds is 4. The second-order valence-corrected chi connectivity index (χ2v) is 6.59. The Morgan fingerprint density at radius 3 is 2.59 bits per heavy atom. The third-order valence-corrected chi connectivity index (χ3v) is 5.07. The van der Waals surface area contributed by atoms with Gasteiger partial charge in [-0.1, -0.05) is 42.1 Å². The largest absolute Gasteiger partial charge is 0.337 e. The highest BCUT2D eigenvalue weighted by atomic mass is 32.2. The molecule has 4 heteroatoms. The fourth-order valence-electron chi connectivity index (χ4n) is 2.67. The Morgan fingerprint density at radius 1 is 1.14 bits per heavy atom. The summed E-state index contributed by atoms with van der Waals surface area (Å²) in [5.74, 6) is 0.104. The molecule has 1 heterocycles. The van der Waals surface area contributed by atoms with Gasteiger partial charge in [0.1, 0.15) is 0 Å². The minimum Gasteiger partial charge on any atom is -0.337 e. The molecule has 2 aromatic rings. The molecule has 2 aromatic carbocycles. The topological polar surface area (TPSA) is 32.3 Å². The van der Waals surface area contributed by atoms with Crippen molar-refractivity contribution in [2.24, 2.45) is 0 Å². The van der Waals surface area contributed by atoms with E-state index in [0.29, 0.717) is 6.04 Å². The van der Waals surface area contributed by atoms with Crippen molar-refractivity contribution >= 4 is 17.7 Å².